The van der Waals surface area contributed by atoms with Crippen LogP contribution in [0.15, 0.2) is 12.1 Å². The number of hydrogen-bond donors (Lipinski definition) is 3. The fourth-order valence-electron chi connectivity index (χ4n) is 1.55. The molecule has 1 aromatic heterocycles. The Morgan fingerprint density at radius 1 is 1.24 bits per heavy atom. The number of amides is 2. The first-order valence-electron chi connectivity index (χ1n) is 7.22. The minimum Gasteiger partial charge on any atom is -0.368 e. The highest BCUT2D eigenvalue weighted by Crippen LogP contribution is 2.02. The molecule has 1 unspecified atom stereocenters. The second kappa shape index (κ2) is 8.89. The van der Waals surface area contributed by atoms with E-state index in [2.05, 4.69) is 26.1 Å². The van der Waals surface area contributed by atoms with Gasteiger partial charge in [0, 0.05) is 25.6 Å². The molecule has 7 heteroatoms. The summed E-state index contributed by atoms with van der Waals surface area (Å²) in [6, 6.07) is 3.46. The molecule has 0 aliphatic rings. The number of nitrogens with one attached hydrogen (secondary N) is 3. The molecule has 1 aromatic rings. The van der Waals surface area contributed by atoms with Crippen molar-refractivity contribution in [2.75, 3.05) is 18.4 Å². The van der Waals surface area contributed by atoms with E-state index in [1.165, 1.54) is 0 Å². The van der Waals surface area contributed by atoms with E-state index in [0.717, 1.165) is 6.42 Å². The molecule has 0 radical (unpaired) electrons. The average molecular weight is 293 g/mol. The molecule has 0 saturated heterocycles. The van der Waals surface area contributed by atoms with E-state index in [1.807, 2.05) is 20.8 Å². The molecule has 2 amide bonds. The molecule has 116 valence electrons. The van der Waals surface area contributed by atoms with Gasteiger partial charge in [-0.2, -0.15) is 0 Å². The Kier molecular flexibility index (Phi) is 7.14. The summed E-state index contributed by atoms with van der Waals surface area (Å²) in [5, 5.41) is 16.3. The first-order valence-corrected chi connectivity index (χ1v) is 7.22. The molecule has 21 heavy (non-hydrogen) atoms. The minimum atomic E-state index is -0.246. The predicted octanol–water partition coefficient (Wildman–Crippen LogP) is 0.943. The van der Waals surface area contributed by atoms with Crippen LogP contribution in [0.2, 0.25) is 0 Å². The second-order valence-corrected chi connectivity index (χ2v) is 4.72. The summed E-state index contributed by atoms with van der Waals surface area (Å²) in [6.45, 7) is 6.85. The van der Waals surface area contributed by atoms with Crippen molar-refractivity contribution < 1.29 is 9.59 Å². The van der Waals surface area contributed by atoms with Crippen LogP contribution in [0.25, 0.3) is 0 Å². The highest BCUT2D eigenvalue weighted by molar-refractivity contribution is 5.92. The van der Waals surface area contributed by atoms with Gasteiger partial charge in [0.15, 0.2) is 5.69 Å². The van der Waals surface area contributed by atoms with Gasteiger partial charge in [-0.25, -0.2) is 0 Å². The molecule has 0 fully saturated rings. The first-order chi connectivity index (χ1) is 10.1. The van der Waals surface area contributed by atoms with Crippen LogP contribution in [-0.4, -0.2) is 41.1 Å². The zero-order valence-corrected chi connectivity index (χ0v) is 12.8. The van der Waals surface area contributed by atoms with Gasteiger partial charge in [-0.05, 0) is 32.4 Å². The number of nitrogens with zero attached hydrogens (tertiary/aromatic N) is 2. The van der Waals surface area contributed by atoms with Crippen molar-refractivity contribution in [3.8, 4) is 0 Å². The molecule has 1 atom stereocenters. The van der Waals surface area contributed by atoms with E-state index in [0.29, 0.717) is 25.3 Å². The predicted molar refractivity (Wildman–Crippen MR) is 81.0 cm³/mol. The summed E-state index contributed by atoms with van der Waals surface area (Å²) in [7, 11) is 0. The molecule has 3 N–H and O–H groups in total. The van der Waals surface area contributed by atoms with Gasteiger partial charge in [0.1, 0.15) is 5.82 Å². The number of anilines is 1. The molecule has 1 rings (SSSR count). The average Bonchev–Trinajstić information content (AvgIpc) is 2.48. The van der Waals surface area contributed by atoms with E-state index in [9.17, 15) is 9.59 Å². The third kappa shape index (κ3) is 6.20. The molecular weight excluding hydrogens is 270 g/mol. The van der Waals surface area contributed by atoms with Crippen molar-refractivity contribution >= 4 is 17.6 Å². The smallest absolute Gasteiger partial charge is 0.271 e. The highest BCUT2D eigenvalue weighted by Gasteiger charge is 2.07. The largest absolute Gasteiger partial charge is 0.368 e. The summed E-state index contributed by atoms with van der Waals surface area (Å²) in [4.78, 5) is 23.1. The number of aromatic nitrogens is 2. The van der Waals surface area contributed by atoms with Gasteiger partial charge < -0.3 is 16.0 Å². The molecular formula is C14H23N5O2. The summed E-state index contributed by atoms with van der Waals surface area (Å²) in [5.74, 6) is 0.299. The van der Waals surface area contributed by atoms with Gasteiger partial charge in [-0.3, -0.25) is 9.59 Å². The van der Waals surface area contributed by atoms with E-state index in [-0.39, 0.29) is 23.6 Å². The monoisotopic (exact) mass is 293 g/mol. The Morgan fingerprint density at radius 3 is 2.57 bits per heavy atom. The summed E-state index contributed by atoms with van der Waals surface area (Å²) in [6.07, 6.45) is 1.27. The third-order valence-corrected chi connectivity index (χ3v) is 2.91. The Labute approximate surface area is 124 Å². The van der Waals surface area contributed by atoms with E-state index < -0.39 is 0 Å². The molecule has 0 saturated carbocycles. The number of carbonyl (C=O) groups excluding carboxylic acids is 2. The van der Waals surface area contributed by atoms with Crippen LogP contribution in [-0.2, 0) is 4.79 Å². The van der Waals surface area contributed by atoms with Crippen LogP contribution in [0.1, 0.15) is 44.1 Å². The Balaban J connectivity index is 2.36. The lowest BCUT2D eigenvalue weighted by Gasteiger charge is -2.11. The van der Waals surface area contributed by atoms with Crippen molar-refractivity contribution in [2.45, 2.75) is 39.7 Å². The Morgan fingerprint density at radius 2 is 2.00 bits per heavy atom. The second-order valence-electron chi connectivity index (χ2n) is 4.72. The SMILES string of the molecule is CCNC(=O)c1ccc(NCCC(=O)NC(C)CC)nn1. The van der Waals surface area contributed by atoms with Crippen LogP contribution < -0.4 is 16.0 Å². The molecule has 0 spiro atoms. The summed E-state index contributed by atoms with van der Waals surface area (Å²) >= 11 is 0. The zero-order chi connectivity index (χ0) is 15.7. The lowest BCUT2D eigenvalue weighted by molar-refractivity contribution is -0.121. The first kappa shape index (κ1) is 16.9. The van der Waals surface area contributed by atoms with Crippen molar-refractivity contribution in [1.29, 1.82) is 0 Å². The fourth-order valence-corrected chi connectivity index (χ4v) is 1.55. The van der Waals surface area contributed by atoms with Crippen LogP contribution in [0.3, 0.4) is 0 Å². The normalized spacial score (nSPS) is 11.6. The van der Waals surface area contributed by atoms with E-state index in [4.69, 9.17) is 0 Å². The molecule has 0 aliphatic heterocycles. The maximum Gasteiger partial charge on any atom is 0.271 e. The number of hydrogen-bond acceptors (Lipinski definition) is 5. The molecule has 7 nitrogen and oxygen atoms in total. The van der Waals surface area contributed by atoms with Crippen molar-refractivity contribution in [3.05, 3.63) is 17.8 Å². The van der Waals surface area contributed by atoms with Crippen LogP contribution in [0.4, 0.5) is 5.82 Å². The minimum absolute atomic E-state index is 0.00347. The van der Waals surface area contributed by atoms with Crippen molar-refractivity contribution in [2.24, 2.45) is 0 Å². The van der Waals surface area contributed by atoms with Gasteiger partial charge in [0.25, 0.3) is 5.91 Å². The fraction of sp³-hybridized carbons (Fsp3) is 0.571. The van der Waals surface area contributed by atoms with E-state index in [1.54, 1.807) is 12.1 Å². The summed E-state index contributed by atoms with van der Waals surface area (Å²) in [5.41, 5.74) is 0.275. The lowest BCUT2D eigenvalue weighted by Crippen LogP contribution is -2.33. The van der Waals surface area contributed by atoms with Gasteiger partial charge >= 0.3 is 0 Å². The molecule has 0 aliphatic carbocycles. The maximum atomic E-state index is 11.6. The van der Waals surface area contributed by atoms with Gasteiger partial charge in [0.05, 0.1) is 0 Å². The Bertz CT molecular complexity index is 461. The lowest BCUT2D eigenvalue weighted by atomic mass is 10.2. The Hall–Kier alpha value is -2.18. The van der Waals surface area contributed by atoms with Crippen molar-refractivity contribution in [1.82, 2.24) is 20.8 Å². The van der Waals surface area contributed by atoms with E-state index >= 15 is 0 Å². The maximum absolute atomic E-state index is 11.6. The van der Waals surface area contributed by atoms with Gasteiger partial charge in [0.2, 0.25) is 5.91 Å². The quantitative estimate of drug-likeness (QED) is 0.663. The van der Waals surface area contributed by atoms with Gasteiger partial charge in [-0.1, -0.05) is 6.92 Å². The molecule has 1 heterocycles. The standard InChI is InChI=1S/C14H23N5O2/c1-4-10(3)17-13(20)8-9-16-12-7-6-11(18-19-12)14(21)15-5-2/h6-7,10H,4-5,8-9H2,1-3H3,(H,15,21)(H,16,19)(H,17,20). The number of carbonyl (C=O) groups is 2. The van der Waals surface area contributed by atoms with Crippen LogP contribution >= 0.6 is 0 Å². The van der Waals surface area contributed by atoms with Crippen LogP contribution in [0.5, 0.6) is 0 Å². The highest BCUT2D eigenvalue weighted by atomic mass is 16.2. The summed E-state index contributed by atoms with van der Waals surface area (Å²) < 4.78 is 0. The number of rotatable bonds is 8. The topological polar surface area (TPSA) is 96.0 Å². The third-order valence-electron chi connectivity index (χ3n) is 2.91. The van der Waals surface area contributed by atoms with Crippen LogP contribution in [0, 0.1) is 0 Å². The molecule has 0 bridgehead atoms. The van der Waals surface area contributed by atoms with Gasteiger partial charge in [-0.15, -0.1) is 10.2 Å². The zero-order valence-electron chi connectivity index (χ0n) is 12.8. The molecule has 0 aromatic carbocycles. The van der Waals surface area contributed by atoms with Crippen molar-refractivity contribution in [3.63, 3.8) is 0 Å².